The molecule has 0 aliphatic heterocycles. The van der Waals surface area contributed by atoms with Crippen molar-refractivity contribution >= 4 is 29.1 Å². The number of rotatable bonds is 7. The number of furan rings is 1. The van der Waals surface area contributed by atoms with Gasteiger partial charge in [-0.05, 0) is 42.7 Å². The number of carbonyl (C=O) groups excluding carboxylic acids is 1. The van der Waals surface area contributed by atoms with Crippen LogP contribution in [0.1, 0.15) is 24.2 Å². The molecule has 0 saturated heterocycles. The predicted octanol–water partition coefficient (Wildman–Crippen LogP) is 4.57. The summed E-state index contributed by atoms with van der Waals surface area (Å²) < 4.78 is 5.27. The van der Waals surface area contributed by atoms with E-state index in [2.05, 4.69) is 5.92 Å². The number of aryl methyl sites for hydroxylation is 1. The summed E-state index contributed by atoms with van der Waals surface area (Å²) in [6.07, 6.45) is 8.82. The van der Waals surface area contributed by atoms with E-state index in [0.29, 0.717) is 23.0 Å². The van der Waals surface area contributed by atoms with Crippen LogP contribution >= 0.6 is 23.2 Å². The molecular weight excluding hydrogens is 333 g/mol. The molecular formula is C18H17Cl2NO2. The number of hydrogen-bond donors (Lipinski definition) is 0. The van der Waals surface area contributed by atoms with E-state index in [9.17, 15) is 4.79 Å². The van der Waals surface area contributed by atoms with Gasteiger partial charge in [-0.2, -0.15) is 0 Å². The maximum Gasteiger partial charge on any atom is 0.223 e. The minimum atomic E-state index is 0.0133. The zero-order chi connectivity index (χ0) is 16.7. The quantitative estimate of drug-likeness (QED) is 0.686. The minimum absolute atomic E-state index is 0.0133. The molecule has 0 N–H and O–H groups in total. The summed E-state index contributed by atoms with van der Waals surface area (Å²) >= 11 is 11.9. The lowest BCUT2D eigenvalue weighted by Gasteiger charge is -2.19. The van der Waals surface area contributed by atoms with Gasteiger partial charge in [-0.15, -0.1) is 6.42 Å². The normalized spacial score (nSPS) is 10.3. The van der Waals surface area contributed by atoms with Gasteiger partial charge < -0.3 is 9.32 Å². The first-order chi connectivity index (χ1) is 11.1. The fraction of sp³-hybridized carbons (Fsp3) is 0.278. The lowest BCUT2D eigenvalue weighted by molar-refractivity contribution is -0.131. The van der Waals surface area contributed by atoms with Gasteiger partial charge in [0.1, 0.15) is 5.76 Å². The van der Waals surface area contributed by atoms with Crippen molar-refractivity contribution in [1.82, 2.24) is 4.90 Å². The van der Waals surface area contributed by atoms with Crippen LogP contribution in [0.25, 0.3) is 0 Å². The van der Waals surface area contributed by atoms with Crippen molar-refractivity contribution in [3.8, 4) is 12.3 Å². The van der Waals surface area contributed by atoms with Crippen LogP contribution in [0, 0.1) is 12.3 Å². The molecule has 5 heteroatoms. The Hall–Kier alpha value is -1.89. The Morgan fingerprint density at radius 1 is 1.26 bits per heavy atom. The Morgan fingerprint density at radius 2 is 2.09 bits per heavy atom. The topological polar surface area (TPSA) is 33.5 Å². The van der Waals surface area contributed by atoms with Crippen LogP contribution < -0.4 is 0 Å². The third kappa shape index (κ3) is 5.35. The molecule has 0 bridgehead atoms. The highest BCUT2D eigenvalue weighted by molar-refractivity contribution is 6.42. The van der Waals surface area contributed by atoms with Crippen LogP contribution in [-0.2, 0) is 17.8 Å². The second-order valence-corrected chi connectivity index (χ2v) is 5.95. The zero-order valence-electron chi connectivity index (χ0n) is 12.6. The van der Waals surface area contributed by atoms with Crippen molar-refractivity contribution in [2.45, 2.75) is 25.8 Å². The highest BCUT2D eigenvalue weighted by atomic mass is 35.5. The third-order valence-corrected chi connectivity index (χ3v) is 4.14. The van der Waals surface area contributed by atoms with Crippen LogP contribution in [0.5, 0.6) is 0 Å². The first-order valence-electron chi connectivity index (χ1n) is 7.27. The van der Waals surface area contributed by atoms with Gasteiger partial charge in [-0.1, -0.05) is 35.2 Å². The maximum atomic E-state index is 12.3. The van der Waals surface area contributed by atoms with Crippen LogP contribution in [0.4, 0.5) is 0 Å². The third-order valence-electron chi connectivity index (χ3n) is 3.40. The molecule has 0 atom stereocenters. The molecule has 0 saturated carbocycles. The summed E-state index contributed by atoms with van der Waals surface area (Å²) in [5, 5.41) is 1.06. The van der Waals surface area contributed by atoms with E-state index in [0.717, 1.165) is 24.2 Å². The van der Waals surface area contributed by atoms with Crippen LogP contribution in [0.3, 0.4) is 0 Å². The molecule has 1 aromatic heterocycles. The van der Waals surface area contributed by atoms with E-state index in [1.54, 1.807) is 23.3 Å². The molecule has 0 aliphatic rings. The van der Waals surface area contributed by atoms with E-state index in [4.69, 9.17) is 34.0 Å². The Bertz CT molecular complexity index is 690. The lowest BCUT2D eigenvalue weighted by atomic mass is 10.1. The van der Waals surface area contributed by atoms with Crippen molar-refractivity contribution in [1.29, 1.82) is 0 Å². The fourth-order valence-electron chi connectivity index (χ4n) is 2.23. The van der Waals surface area contributed by atoms with E-state index in [-0.39, 0.29) is 12.5 Å². The SMILES string of the molecule is C#CCN(Cc1ccco1)C(=O)CCCc1ccc(Cl)c(Cl)c1. The second-order valence-electron chi connectivity index (χ2n) is 5.14. The zero-order valence-corrected chi connectivity index (χ0v) is 14.1. The van der Waals surface area contributed by atoms with E-state index in [1.165, 1.54) is 0 Å². The number of terminal acetylenes is 1. The second kappa shape index (κ2) is 8.67. The average Bonchev–Trinajstić information content (AvgIpc) is 3.03. The molecule has 120 valence electrons. The summed E-state index contributed by atoms with van der Waals surface area (Å²) in [6.45, 7) is 0.662. The van der Waals surface area contributed by atoms with Crippen LogP contribution in [-0.4, -0.2) is 17.4 Å². The van der Waals surface area contributed by atoms with E-state index in [1.807, 2.05) is 18.2 Å². The standard InChI is InChI=1S/C18H17Cl2NO2/c1-2-10-21(13-15-6-4-11-23-15)18(22)7-3-5-14-8-9-16(19)17(20)12-14/h1,4,6,8-9,11-12H,3,5,7,10,13H2. The van der Waals surface area contributed by atoms with Gasteiger partial charge in [-0.25, -0.2) is 0 Å². The molecule has 0 radical (unpaired) electrons. The molecule has 3 nitrogen and oxygen atoms in total. The maximum absolute atomic E-state index is 12.3. The Morgan fingerprint density at radius 3 is 2.74 bits per heavy atom. The van der Waals surface area contributed by atoms with Gasteiger partial charge in [-0.3, -0.25) is 4.79 Å². The van der Waals surface area contributed by atoms with E-state index < -0.39 is 0 Å². The average molecular weight is 350 g/mol. The molecule has 23 heavy (non-hydrogen) atoms. The first-order valence-corrected chi connectivity index (χ1v) is 8.03. The van der Waals surface area contributed by atoms with Crippen molar-refractivity contribution in [3.63, 3.8) is 0 Å². The lowest BCUT2D eigenvalue weighted by Crippen LogP contribution is -2.30. The molecule has 2 aromatic rings. The van der Waals surface area contributed by atoms with Crippen LogP contribution in [0.2, 0.25) is 10.0 Å². The molecule has 0 fully saturated rings. The first kappa shape index (κ1) is 17.5. The van der Waals surface area contributed by atoms with Crippen molar-refractivity contribution in [3.05, 3.63) is 58.0 Å². The van der Waals surface area contributed by atoms with Crippen molar-refractivity contribution in [2.24, 2.45) is 0 Å². The summed E-state index contributed by atoms with van der Waals surface area (Å²) in [5.41, 5.74) is 1.06. The molecule has 0 spiro atoms. The number of hydrogen-bond acceptors (Lipinski definition) is 2. The van der Waals surface area contributed by atoms with Crippen molar-refractivity contribution < 1.29 is 9.21 Å². The molecule has 1 amide bonds. The number of amides is 1. The van der Waals surface area contributed by atoms with Gasteiger partial charge in [0, 0.05) is 6.42 Å². The summed E-state index contributed by atoms with van der Waals surface area (Å²) in [6, 6.07) is 9.13. The Balaban J connectivity index is 1.86. The Labute approximate surface area is 146 Å². The van der Waals surface area contributed by atoms with Gasteiger partial charge in [0.25, 0.3) is 0 Å². The van der Waals surface area contributed by atoms with E-state index >= 15 is 0 Å². The predicted molar refractivity (Wildman–Crippen MR) is 92.4 cm³/mol. The molecule has 1 heterocycles. The molecule has 1 aromatic carbocycles. The monoisotopic (exact) mass is 349 g/mol. The number of benzene rings is 1. The Kier molecular flexibility index (Phi) is 6.58. The summed E-state index contributed by atoms with van der Waals surface area (Å²) in [4.78, 5) is 13.9. The largest absolute Gasteiger partial charge is 0.467 e. The minimum Gasteiger partial charge on any atom is -0.467 e. The highest BCUT2D eigenvalue weighted by Crippen LogP contribution is 2.23. The summed E-state index contributed by atoms with van der Waals surface area (Å²) in [5.74, 6) is 3.25. The summed E-state index contributed by atoms with van der Waals surface area (Å²) in [7, 11) is 0. The molecule has 0 aliphatic carbocycles. The van der Waals surface area contributed by atoms with Gasteiger partial charge in [0.2, 0.25) is 5.91 Å². The number of carbonyl (C=O) groups is 1. The number of halogens is 2. The number of nitrogens with zero attached hydrogens (tertiary/aromatic N) is 1. The fourth-order valence-corrected chi connectivity index (χ4v) is 2.55. The molecule has 0 unspecified atom stereocenters. The van der Waals surface area contributed by atoms with Gasteiger partial charge in [0.05, 0.1) is 29.4 Å². The smallest absolute Gasteiger partial charge is 0.223 e. The molecule has 2 rings (SSSR count). The van der Waals surface area contributed by atoms with Crippen LogP contribution in [0.15, 0.2) is 41.0 Å². The highest BCUT2D eigenvalue weighted by Gasteiger charge is 2.14. The van der Waals surface area contributed by atoms with Crippen molar-refractivity contribution in [2.75, 3.05) is 6.54 Å². The van der Waals surface area contributed by atoms with Gasteiger partial charge >= 0.3 is 0 Å². The van der Waals surface area contributed by atoms with Gasteiger partial charge in [0.15, 0.2) is 0 Å².